The molecular weight excluding hydrogens is 218 g/mol. The molecule has 0 saturated heterocycles. The number of carboxylic acid groups (broad SMARTS) is 1. The van der Waals surface area contributed by atoms with Crippen molar-refractivity contribution in [3.8, 4) is 0 Å². The molecule has 1 heterocycles. The van der Waals surface area contributed by atoms with Crippen molar-refractivity contribution in [3.05, 3.63) is 23.8 Å². The van der Waals surface area contributed by atoms with Crippen LogP contribution in [0.3, 0.4) is 0 Å². The fourth-order valence-corrected chi connectivity index (χ4v) is 2.40. The first-order valence-corrected chi connectivity index (χ1v) is 5.73. The Balaban J connectivity index is 2.02. The number of rotatable bonds is 2. The minimum absolute atomic E-state index is 0.256. The molecule has 17 heavy (non-hydrogen) atoms. The summed E-state index contributed by atoms with van der Waals surface area (Å²) >= 11 is 0. The number of carbonyl (C=O) groups is 1. The number of fused-ring (bicyclic) bond motifs is 1. The molecule has 1 saturated carbocycles. The summed E-state index contributed by atoms with van der Waals surface area (Å²) in [5.74, 6) is -0.184. The molecule has 1 N–H and O–H groups in total. The minimum Gasteiger partial charge on any atom is -0.478 e. The SMILES string of the molecule is CC1CC(n2nnc3cc(C(=O)O)ccc32)C1. The van der Waals surface area contributed by atoms with E-state index in [1.807, 2.05) is 4.68 Å². The number of hydrogen-bond acceptors (Lipinski definition) is 3. The molecule has 3 rings (SSSR count). The van der Waals surface area contributed by atoms with Gasteiger partial charge in [0.2, 0.25) is 0 Å². The Labute approximate surface area is 98.0 Å². The number of benzene rings is 1. The number of hydrogen-bond donors (Lipinski definition) is 1. The summed E-state index contributed by atoms with van der Waals surface area (Å²) in [5, 5.41) is 17.1. The van der Waals surface area contributed by atoms with Crippen LogP contribution in [0.5, 0.6) is 0 Å². The van der Waals surface area contributed by atoms with Crippen molar-refractivity contribution in [1.29, 1.82) is 0 Å². The van der Waals surface area contributed by atoms with Crippen LogP contribution in [0.15, 0.2) is 18.2 Å². The predicted octanol–water partition coefficient (Wildman–Crippen LogP) is 2.10. The van der Waals surface area contributed by atoms with Gasteiger partial charge in [-0.05, 0) is 37.0 Å². The molecule has 1 fully saturated rings. The largest absolute Gasteiger partial charge is 0.478 e. The third kappa shape index (κ3) is 1.58. The van der Waals surface area contributed by atoms with E-state index in [0.29, 0.717) is 11.6 Å². The molecule has 0 atom stereocenters. The van der Waals surface area contributed by atoms with Crippen molar-refractivity contribution < 1.29 is 9.90 Å². The molecule has 1 aromatic carbocycles. The van der Waals surface area contributed by atoms with E-state index in [1.165, 1.54) is 0 Å². The van der Waals surface area contributed by atoms with Gasteiger partial charge < -0.3 is 5.11 Å². The maximum atomic E-state index is 10.8. The average Bonchev–Trinajstić information content (AvgIpc) is 2.67. The van der Waals surface area contributed by atoms with Gasteiger partial charge in [0, 0.05) is 0 Å². The Bertz CT molecular complexity index is 584. The Morgan fingerprint density at radius 1 is 1.47 bits per heavy atom. The van der Waals surface area contributed by atoms with E-state index in [2.05, 4.69) is 17.2 Å². The lowest BCUT2D eigenvalue weighted by molar-refractivity contribution is 0.0697. The smallest absolute Gasteiger partial charge is 0.335 e. The Morgan fingerprint density at radius 3 is 2.88 bits per heavy atom. The van der Waals surface area contributed by atoms with Gasteiger partial charge in [0.1, 0.15) is 5.52 Å². The molecule has 1 aromatic heterocycles. The molecule has 5 nitrogen and oxygen atoms in total. The first-order valence-electron chi connectivity index (χ1n) is 5.73. The Morgan fingerprint density at radius 2 is 2.24 bits per heavy atom. The second kappa shape index (κ2) is 3.55. The highest BCUT2D eigenvalue weighted by molar-refractivity contribution is 5.92. The monoisotopic (exact) mass is 231 g/mol. The highest BCUT2D eigenvalue weighted by Gasteiger charge is 2.28. The summed E-state index contributed by atoms with van der Waals surface area (Å²) in [6, 6.07) is 5.39. The predicted molar refractivity (Wildman–Crippen MR) is 61.9 cm³/mol. The number of nitrogens with zero attached hydrogens (tertiary/aromatic N) is 3. The Hall–Kier alpha value is -1.91. The fourth-order valence-electron chi connectivity index (χ4n) is 2.40. The average molecular weight is 231 g/mol. The van der Waals surface area contributed by atoms with Gasteiger partial charge in [0.25, 0.3) is 0 Å². The molecule has 2 aromatic rings. The quantitative estimate of drug-likeness (QED) is 0.859. The lowest BCUT2D eigenvalue weighted by atomic mass is 9.82. The van der Waals surface area contributed by atoms with Gasteiger partial charge in [-0.2, -0.15) is 0 Å². The maximum absolute atomic E-state index is 10.8. The summed E-state index contributed by atoms with van der Waals surface area (Å²) in [6.07, 6.45) is 2.25. The van der Waals surface area contributed by atoms with Gasteiger partial charge >= 0.3 is 5.97 Å². The molecule has 0 unspecified atom stereocenters. The lowest BCUT2D eigenvalue weighted by Crippen LogP contribution is -2.25. The first-order chi connectivity index (χ1) is 8.15. The zero-order valence-corrected chi connectivity index (χ0v) is 9.50. The van der Waals surface area contributed by atoms with Crippen molar-refractivity contribution in [2.24, 2.45) is 5.92 Å². The van der Waals surface area contributed by atoms with E-state index in [1.54, 1.807) is 18.2 Å². The zero-order valence-electron chi connectivity index (χ0n) is 9.50. The summed E-state index contributed by atoms with van der Waals surface area (Å²) in [6.45, 7) is 2.22. The van der Waals surface area contributed by atoms with E-state index in [0.717, 1.165) is 24.3 Å². The second-order valence-electron chi connectivity index (χ2n) is 4.77. The van der Waals surface area contributed by atoms with E-state index in [4.69, 9.17) is 5.11 Å². The lowest BCUT2D eigenvalue weighted by Gasteiger charge is -2.32. The van der Waals surface area contributed by atoms with Crippen LogP contribution in [-0.2, 0) is 0 Å². The van der Waals surface area contributed by atoms with Gasteiger partial charge in [-0.3, -0.25) is 0 Å². The van der Waals surface area contributed by atoms with E-state index < -0.39 is 5.97 Å². The normalized spacial score (nSPS) is 23.6. The van der Waals surface area contributed by atoms with E-state index >= 15 is 0 Å². The summed E-state index contributed by atoms with van der Waals surface area (Å²) in [5.41, 5.74) is 1.84. The van der Waals surface area contributed by atoms with Crippen LogP contribution in [0.2, 0.25) is 0 Å². The van der Waals surface area contributed by atoms with Gasteiger partial charge in [-0.25, -0.2) is 9.48 Å². The van der Waals surface area contributed by atoms with Crippen molar-refractivity contribution in [2.45, 2.75) is 25.8 Å². The summed E-state index contributed by atoms with van der Waals surface area (Å²) in [7, 11) is 0. The standard InChI is InChI=1S/C12H13N3O2/c1-7-4-9(5-7)15-11-3-2-8(12(16)17)6-10(11)13-14-15/h2-3,6-7,9H,4-5H2,1H3,(H,16,17). The first kappa shape index (κ1) is 10.3. The third-order valence-corrected chi connectivity index (χ3v) is 3.41. The fraction of sp³-hybridized carbons (Fsp3) is 0.417. The Kier molecular flexibility index (Phi) is 2.14. The van der Waals surface area contributed by atoms with Crippen LogP contribution in [0.1, 0.15) is 36.2 Å². The molecule has 0 radical (unpaired) electrons. The van der Waals surface area contributed by atoms with Gasteiger partial charge in [-0.15, -0.1) is 5.10 Å². The highest BCUT2D eigenvalue weighted by atomic mass is 16.4. The minimum atomic E-state index is -0.932. The van der Waals surface area contributed by atoms with Crippen molar-refractivity contribution in [1.82, 2.24) is 15.0 Å². The van der Waals surface area contributed by atoms with E-state index in [9.17, 15) is 4.79 Å². The third-order valence-electron chi connectivity index (χ3n) is 3.41. The van der Waals surface area contributed by atoms with Crippen molar-refractivity contribution in [2.75, 3.05) is 0 Å². The molecular formula is C12H13N3O2. The molecule has 1 aliphatic carbocycles. The summed E-state index contributed by atoms with van der Waals surface area (Å²) < 4.78 is 1.92. The molecule has 0 spiro atoms. The van der Waals surface area contributed by atoms with Crippen LogP contribution in [-0.4, -0.2) is 26.1 Å². The van der Waals surface area contributed by atoms with Crippen molar-refractivity contribution in [3.63, 3.8) is 0 Å². The zero-order chi connectivity index (χ0) is 12.0. The molecule has 88 valence electrons. The van der Waals surface area contributed by atoms with Gasteiger partial charge in [0.05, 0.1) is 17.1 Å². The summed E-state index contributed by atoms with van der Waals surface area (Å²) in [4.78, 5) is 10.8. The van der Waals surface area contributed by atoms with Gasteiger partial charge in [0.15, 0.2) is 0 Å². The molecule has 1 aliphatic rings. The van der Waals surface area contributed by atoms with E-state index in [-0.39, 0.29) is 5.56 Å². The number of carboxylic acids is 1. The topological polar surface area (TPSA) is 68.0 Å². The molecule has 5 heteroatoms. The highest BCUT2D eigenvalue weighted by Crippen LogP contribution is 2.38. The molecule has 0 aliphatic heterocycles. The number of aromatic nitrogens is 3. The van der Waals surface area contributed by atoms with Crippen LogP contribution in [0.4, 0.5) is 0 Å². The molecule has 0 bridgehead atoms. The van der Waals surface area contributed by atoms with Crippen LogP contribution in [0, 0.1) is 5.92 Å². The van der Waals surface area contributed by atoms with Gasteiger partial charge in [-0.1, -0.05) is 12.1 Å². The van der Waals surface area contributed by atoms with Crippen LogP contribution < -0.4 is 0 Å². The van der Waals surface area contributed by atoms with Crippen LogP contribution >= 0.6 is 0 Å². The molecule has 0 amide bonds. The van der Waals surface area contributed by atoms with Crippen molar-refractivity contribution >= 4 is 17.0 Å². The second-order valence-corrected chi connectivity index (χ2v) is 4.77. The maximum Gasteiger partial charge on any atom is 0.335 e. The van der Waals surface area contributed by atoms with Crippen LogP contribution in [0.25, 0.3) is 11.0 Å². The number of aromatic carboxylic acids is 1.